The number of halogens is 1. The highest BCUT2D eigenvalue weighted by Crippen LogP contribution is 2.39. The number of ether oxygens (including phenoxy) is 2. The highest BCUT2D eigenvalue weighted by atomic mass is 79.9. The number of aromatic nitrogens is 1. The molecule has 0 unspecified atom stereocenters. The molecule has 3 rings (SSSR count). The summed E-state index contributed by atoms with van der Waals surface area (Å²) in [4.78, 5) is 4.28. The third kappa shape index (κ3) is 3.95. The van der Waals surface area contributed by atoms with Gasteiger partial charge in [0.15, 0.2) is 17.5 Å². The molecule has 0 radical (unpaired) electrons. The number of hydrogen-bond donors (Lipinski definition) is 2. The first-order chi connectivity index (χ1) is 12.7. The minimum atomic E-state index is 0.256. The van der Waals surface area contributed by atoms with Gasteiger partial charge in [-0.25, -0.2) is 0 Å². The number of rotatable bonds is 6. The smallest absolute Gasteiger partial charge is 0.231 e. The largest absolute Gasteiger partial charge is 0.454 e. The van der Waals surface area contributed by atoms with Crippen molar-refractivity contribution in [2.45, 2.75) is 39.8 Å². The highest BCUT2D eigenvalue weighted by Gasteiger charge is 2.18. The van der Waals surface area contributed by atoms with Gasteiger partial charge in [-0.2, -0.15) is 0 Å². The first-order valence-corrected chi connectivity index (χ1v) is 9.44. The zero-order chi connectivity index (χ0) is 18.5. The maximum Gasteiger partial charge on any atom is 0.231 e. The van der Waals surface area contributed by atoms with E-state index >= 15 is 0 Å². The third-order valence-electron chi connectivity index (χ3n) is 4.21. The van der Waals surface area contributed by atoms with E-state index in [-0.39, 0.29) is 6.79 Å². The normalized spacial score (nSPS) is 13.2. The Morgan fingerprint density at radius 3 is 2.73 bits per heavy atom. The monoisotopic (exact) mass is 422 g/mol. The fourth-order valence-electron chi connectivity index (χ4n) is 2.84. The van der Waals surface area contributed by atoms with Gasteiger partial charge in [-0.15, -0.1) is 0 Å². The van der Waals surface area contributed by atoms with Gasteiger partial charge in [-0.05, 0) is 40.0 Å². The lowest BCUT2D eigenvalue weighted by molar-refractivity contribution is 0.173. The molecule has 0 amide bonds. The summed E-state index contributed by atoms with van der Waals surface area (Å²) in [5.74, 6) is 3.14. The Morgan fingerprint density at radius 2 is 2.00 bits per heavy atom. The van der Waals surface area contributed by atoms with Gasteiger partial charge in [0.1, 0.15) is 5.76 Å². The molecule has 140 valence electrons. The summed E-state index contributed by atoms with van der Waals surface area (Å²) < 4.78 is 17.2. The Balaban J connectivity index is 1.61. The Hall–Kier alpha value is -2.22. The van der Waals surface area contributed by atoms with Crippen LogP contribution in [0.15, 0.2) is 26.1 Å². The first-order valence-electron chi connectivity index (χ1n) is 8.65. The van der Waals surface area contributed by atoms with Crippen LogP contribution in [0.5, 0.6) is 11.5 Å². The summed E-state index contributed by atoms with van der Waals surface area (Å²) >= 11 is 3.51. The number of benzene rings is 1. The van der Waals surface area contributed by atoms with Crippen LogP contribution in [0.1, 0.15) is 36.4 Å². The standard InChI is InChI=1S/C18H23BrN4O3/c1-4-14-12(15(5-2)26-23-14)9-22-18(20-3)21-8-11-6-13(19)17-16(7-11)24-10-25-17/h6-7H,4-5,8-10H2,1-3H3,(H2,20,21,22). The number of guanidine groups is 1. The summed E-state index contributed by atoms with van der Waals surface area (Å²) in [5, 5.41) is 10.8. The predicted molar refractivity (Wildman–Crippen MR) is 103 cm³/mol. The molecular formula is C18H23BrN4O3. The summed E-state index contributed by atoms with van der Waals surface area (Å²) in [6, 6.07) is 3.98. The van der Waals surface area contributed by atoms with Crippen LogP contribution in [-0.2, 0) is 25.9 Å². The van der Waals surface area contributed by atoms with Gasteiger partial charge in [-0.3, -0.25) is 4.99 Å². The van der Waals surface area contributed by atoms with Crippen LogP contribution in [0.3, 0.4) is 0 Å². The maximum absolute atomic E-state index is 5.46. The van der Waals surface area contributed by atoms with Crippen molar-refractivity contribution in [3.8, 4) is 11.5 Å². The average molecular weight is 423 g/mol. The van der Waals surface area contributed by atoms with Crippen molar-refractivity contribution in [1.82, 2.24) is 15.8 Å². The van der Waals surface area contributed by atoms with E-state index in [0.29, 0.717) is 19.0 Å². The molecule has 2 aromatic rings. The molecule has 8 heteroatoms. The Bertz CT molecular complexity index is 782. The Labute approximate surface area is 161 Å². The molecule has 0 bridgehead atoms. The molecule has 26 heavy (non-hydrogen) atoms. The topological polar surface area (TPSA) is 80.9 Å². The van der Waals surface area contributed by atoms with Crippen LogP contribution in [0.4, 0.5) is 0 Å². The van der Waals surface area contributed by atoms with E-state index in [4.69, 9.17) is 14.0 Å². The van der Waals surface area contributed by atoms with Gasteiger partial charge in [0, 0.05) is 32.1 Å². The molecule has 1 aromatic heterocycles. The van der Waals surface area contributed by atoms with E-state index < -0.39 is 0 Å². The number of fused-ring (bicyclic) bond motifs is 1. The van der Waals surface area contributed by atoms with Crippen LogP contribution in [0, 0.1) is 0 Å². The predicted octanol–water partition coefficient (Wildman–Crippen LogP) is 3.16. The number of aliphatic imine (C=N–C) groups is 1. The number of nitrogens with zero attached hydrogens (tertiary/aromatic N) is 2. The fourth-order valence-corrected chi connectivity index (χ4v) is 3.44. The SMILES string of the molecule is CCc1noc(CC)c1CNC(=NC)NCc1cc(Br)c2c(c1)OCO2. The van der Waals surface area contributed by atoms with Gasteiger partial charge >= 0.3 is 0 Å². The van der Waals surface area contributed by atoms with Gasteiger partial charge in [-0.1, -0.05) is 19.0 Å². The van der Waals surface area contributed by atoms with Crippen molar-refractivity contribution < 1.29 is 14.0 Å². The molecule has 0 saturated carbocycles. The molecule has 0 spiro atoms. The second kappa shape index (κ2) is 8.44. The van der Waals surface area contributed by atoms with Crippen LogP contribution < -0.4 is 20.1 Å². The molecule has 7 nitrogen and oxygen atoms in total. The Kier molecular flexibility index (Phi) is 6.03. The minimum absolute atomic E-state index is 0.256. The fraction of sp³-hybridized carbons (Fsp3) is 0.444. The second-order valence-corrected chi connectivity index (χ2v) is 6.68. The molecule has 1 aromatic carbocycles. The van der Waals surface area contributed by atoms with Gasteiger partial charge in [0.2, 0.25) is 6.79 Å². The summed E-state index contributed by atoms with van der Waals surface area (Å²) in [5.41, 5.74) is 3.17. The maximum atomic E-state index is 5.46. The quantitative estimate of drug-likeness (QED) is 0.549. The van der Waals surface area contributed by atoms with Crippen LogP contribution in [0.25, 0.3) is 0 Å². The van der Waals surface area contributed by atoms with Gasteiger partial charge in [0.05, 0.1) is 10.2 Å². The van der Waals surface area contributed by atoms with E-state index in [1.165, 1.54) is 0 Å². The number of nitrogens with one attached hydrogen (secondary N) is 2. The van der Waals surface area contributed by atoms with Crippen molar-refractivity contribution in [3.05, 3.63) is 39.2 Å². The van der Waals surface area contributed by atoms with E-state index in [9.17, 15) is 0 Å². The zero-order valence-electron chi connectivity index (χ0n) is 15.2. The summed E-state index contributed by atoms with van der Waals surface area (Å²) in [6.45, 7) is 5.63. The van der Waals surface area contributed by atoms with E-state index in [1.807, 2.05) is 12.1 Å². The van der Waals surface area contributed by atoms with E-state index in [2.05, 4.69) is 50.6 Å². The van der Waals surface area contributed by atoms with E-state index in [0.717, 1.165) is 51.4 Å². The molecule has 0 atom stereocenters. The molecule has 1 aliphatic heterocycles. The molecule has 1 aliphatic rings. The Morgan fingerprint density at radius 1 is 1.19 bits per heavy atom. The zero-order valence-corrected chi connectivity index (χ0v) is 16.8. The molecule has 2 N–H and O–H groups in total. The molecule has 0 aliphatic carbocycles. The highest BCUT2D eigenvalue weighted by molar-refractivity contribution is 9.10. The lowest BCUT2D eigenvalue weighted by Crippen LogP contribution is -2.36. The molecule has 2 heterocycles. The van der Waals surface area contributed by atoms with Crippen molar-refractivity contribution in [1.29, 1.82) is 0 Å². The van der Waals surface area contributed by atoms with Crippen molar-refractivity contribution in [2.75, 3.05) is 13.8 Å². The summed E-state index contributed by atoms with van der Waals surface area (Å²) in [7, 11) is 1.75. The summed E-state index contributed by atoms with van der Waals surface area (Å²) in [6.07, 6.45) is 1.67. The molecule has 0 fully saturated rings. The number of aryl methyl sites for hydroxylation is 2. The van der Waals surface area contributed by atoms with Crippen molar-refractivity contribution >= 4 is 21.9 Å². The lowest BCUT2D eigenvalue weighted by atomic mass is 10.1. The minimum Gasteiger partial charge on any atom is -0.454 e. The van der Waals surface area contributed by atoms with Crippen LogP contribution in [0.2, 0.25) is 0 Å². The van der Waals surface area contributed by atoms with Crippen molar-refractivity contribution in [3.63, 3.8) is 0 Å². The van der Waals surface area contributed by atoms with E-state index in [1.54, 1.807) is 7.05 Å². The van der Waals surface area contributed by atoms with Crippen LogP contribution >= 0.6 is 15.9 Å². The van der Waals surface area contributed by atoms with Gasteiger partial charge < -0.3 is 24.6 Å². The molecular weight excluding hydrogens is 400 g/mol. The number of hydrogen-bond acceptors (Lipinski definition) is 5. The third-order valence-corrected chi connectivity index (χ3v) is 4.80. The first kappa shape index (κ1) is 18.6. The van der Waals surface area contributed by atoms with Crippen LogP contribution in [-0.4, -0.2) is 25.0 Å². The lowest BCUT2D eigenvalue weighted by Gasteiger charge is -2.13. The second-order valence-electron chi connectivity index (χ2n) is 5.83. The van der Waals surface area contributed by atoms with Crippen molar-refractivity contribution in [2.24, 2.45) is 4.99 Å². The molecule has 0 saturated heterocycles. The average Bonchev–Trinajstić information content (AvgIpc) is 3.28. The van der Waals surface area contributed by atoms with Gasteiger partial charge in [0.25, 0.3) is 0 Å².